The Morgan fingerprint density at radius 1 is 0.971 bits per heavy atom. The molecule has 0 aromatic heterocycles. The number of carbonyl (C=O) groups excluding carboxylic acids is 2. The number of amides is 2. The predicted molar refractivity (Wildman–Crippen MR) is 129 cm³/mol. The zero-order valence-corrected chi connectivity index (χ0v) is 19.6. The van der Waals surface area contributed by atoms with Crippen LogP contribution in [0.25, 0.3) is 16.9 Å². The molecule has 9 heteroatoms. The minimum atomic E-state index is -0.248. The molecule has 1 aromatic carbocycles. The number of aromatic nitrogens is 3. The second-order valence-corrected chi connectivity index (χ2v) is 9.71. The molecule has 2 saturated heterocycles. The summed E-state index contributed by atoms with van der Waals surface area (Å²) < 4.78 is 9.06. The van der Waals surface area contributed by atoms with Gasteiger partial charge >= 0.3 is 0 Å². The van der Waals surface area contributed by atoms with Gasteiger partial charge in [-0.1, -0.05) is 18.2 Å². The molecule has 35 heavy (non-hydrogen) atoms. The number of ether oxygens (including phenoxy) is 1. The Morgan fingerprint density at radius 3 is 2.40 bits per heavy atom. The van der Waals surface area contributed by atoms with E-state index in [1.807, 2.05) is 39.8 Å². The van der Waals surface area contributed by atoms with Crippen molar-refractivity contribution in [3.8, 4) is 16.9 Å². The van der Waals surface area contributed by atoms with E-state index in [9.17, 15) is 14.4 Å². The van der Waals surface area contributed by atoms with E-state index in [1.165, 1.54) is 4.68 Å². The van der Waals surface area contributed by atoms with Crippen LogP contribution < -0.4 is 5.56 Å². The monoisotopic (exact) mass is 475 g/mol. The first-order chi connectivity index (χ1) is 17.1. The average Bonchev–Trinajstić information content (AvgIpc) is 3.53. The van der Waals surface area contributed by atoms with Crippen LogP contribution in [0.4, 0.5) is 0 Å². The molecule has 4 aliphatic heterocycles. The van der Waals surface area contributed by atoms with Gasteiger partial charge in [0, 0.05) is 57.6 Å². The van der Waals surface area contributed by atoms with Crippen LogP contribution in [0.3, 0.4) is 0 Å². The molecule has 9 nitrogen and oxygen atoms in total. The lowest BCUT2D eigenvalue weighted by atomic mass is 10.1. The van der Waals surface area contributed by atoms with Crippen LogP contribution in [0.1, 0.15) is 36.0 Å². The molecule has 2 amide bonds. The van der Waals surface area contributed by atoms with Gasteiger partial charge in [0.2, 0.25) is 5.91 Å². The zero-order chi connectivity index (χ0) is 23.9. The number of fused-ring (bicyclic) bond motifs is 1. The van der Waals surface area contributed by atoms with E-state index < -0.39 is 0 Å². The molecule has 6 rings (SSSR count). The number of nitrogens with zero attached hydrogens (tertiary/aromatic N) is 5. The Bertz CT molecular complexity index is 1260. The molecule has 182 valence electrons. The predicted octanol–water partition coefficient (Wildman–Crippen LogP) is 2.01. The van der Waals surface area contributed by atoms with Crippen molar-refractivity contribution < 1.29 is 14.3 Å². The van der Waals surface area contributed by atoms with Gasteiger partial charge in [-0.05, 0) is 37.8 Å². The number of piperazine rings is 1. The standard InChI is InChI=1S/C26H29N5O4/c32-24(18-8-9-18)29-10-12-30(13-11-29)25(33)21-16-28(15-20-7-4-14-35-20)17-22-23(21)27-31(26(22)34)19-5-2-1-3-6-19/h1-3,5-6,16-18,20H,4,7-15H2/t20-/m0/s1. The largest absolute Gasteiger partial charge is 0.376 e. The Labute approximate surface area is 203 Å². The minimum absolute atomic E-state index is 0.0663. The summed E-state index contributed by atoms with van der Waals surface area (Å²) in [6.07, 6.45) is 7.58. The molecule has 4 heterocycles. The van der Waals surface area contributed by atoms with Gasteiger partial charge in [0.05, 0.1) is 22.9 Å². The molecule has 1 atom stereocenters. The van der Waals surface area contributed by atoms with Crippen molar-refractivity contribution >= 4 is 11.8 Å². The second-order valence-electron chi connectivity index (χ2n) is 9.71. The molecule has 0 radical (unpaired) electrons. The lowest BCUT2D eigenvalue weighted by Crippen LogP contribution is -2.51. The first kappa shape index (κ1) is 22.0. The van der Waals surface area contributed by atoms with Gasteiger partial charge in [0.15, 0.2) is 0 Å². The summed E-state index contributed by atoms with van der Waals surface area (Å²) >= 11 is 0. The fraction of sp³-hybridized carbons (Fsp3) is 0.462. The van der Waals surface area contributed by atoms with Gasteiger partial charge in [-0.15, -0.1) is 0 Å². The number of hydrogen-bond donors (Lipinski definition) is 0. The van der Waals surface area contributed by atoms with E-state index in [0.29, 0.717) is 55.2 Å². The number of hydrogen-bond acceptors (Lipinski definition) is 5. The highest BCUT2D eigenvalue weighted by Gasteiger charge is 2.36. The summed E-state index contributed by atoms with van der Waals surface area (Å²) in [7, 11) is 0. The highest BCUT2D eigenvalue weighted by molar-refractivity contribution is 6.00. The van der Waals surface area contributed by atoms with Crippen LogP contribution >= 0.6 is 0 Å². The fourth-order valence-corrected chi connectivity index (χ4v) is 5.08. The third-order valence-corrected chi connectivity index (χ3v) is 7.20. The van der Waals surface area contributed by atoms with Gasteiger partial charge in [-0.25, -0.2) is 0 Å². The molecular formula is C26H29N5O4. The van der Waals surface area contributed by atoms with E-state index in [-0.39, 0.29) is 29.4 Å². The smallest absolute Gasteiger partial charge is 0.282 e. The molecule has 1 saturated carbocycles. The SMILES string of the molecule is O=C(c1cn(C[C@@H]2CCCO2)cc2c(=O)n(-c3ccccc3)nc1-2)N1CCN(C(=O)C2CC2)CC1. The molecule has 0 N–H and O–H groups in total. The zero-order valence-electron chi connectivity index (χ0n) is 19.6. The van der Waals surface area contributed by atoms with Crippen molar-refractivity contribution in [2.45, 2.75) is 38.3 Å². The van der Waals surface area contributed by atoms with Crippen molar-refractivity contribution in [3.05, 3.63) is 58.6 Å². The van der Waals surface area contributed by atoms with Gasteiger partial charge in [0.25, 0.3) is 11.5 Å². The van der Waals surface area contributed by atoms with Crippen LogP contribution in [0.5, 0.6) is 0 Å². The molecule has 0 spiro atoms. The van der Waals surface area contributed by atoms with Crippen molar-refractivity contribution in [3.63, 3.8) is 0 Å². The number of carbonyl (C=O) groups is 2. The first-order valence-electron chi connectivity index (χ1n) is 12.5. The quantitative estimate of drug-likeness (QED) is 0.563. The Balaban J connectivity index is 1.33. The maximum absolute atomic E-state index is 13.7. The molecule has 5 aliphatic rings. The topological polar surface area (TPSA) is 89.7 Å². The van der Waals surface area contributed by atoms with Gasteiger partial charge in [0.1, 0.15) is 5.69 Å². The molecule has 0 bridgehead atoms. The average molecular weight is 476 g/mol. The molecular weight excluding hydrogens is 446 g/mol. The van der Waals surface area contributed by atoms with Gasteiger partial charge in [-0.3, -0.25) is 14.4 Å². The molecule has 1 aromatic rings. The van der Waals surface area contributed by atoms with E-state index in [2.05, 4.69) is 5.10 Å². The lowest BCUT2D eigenvalue weighted by Gasteiger charge is -2.35. The van der Waals surface area contributed by atoms with Crippen molar-refractivity contribution in [2.24, 2.45) is 5.92 Å². The van der Waals surface area contributed by atoms with Crippen LogP contribution in [0.15, 0.2) is 47.5 Å². The van der Waals surface area contributed by atoms with Gasteiger partial charge in [-0.2, -0.15) is 9.78 Å². The summed E-state index contributed by atoms with van der Waals surface area (Å²) in [5.41, 5.74) is 1.64. The Morgan fingerprint density at radius 2 is 1.71 bits per heavy atom. The Hall–Kier alpha value is -3.46. The molecule has 1 aliphatic carbocycles. The van der Waals surface area contributed by atoms with E-state index in [0.717, 1.165) is 32.3 Å². The lowest BCUT2D eigenvalue weighted by molar-refractivity contribution is -0.134. The van der Waals surface area contributed by atoms with Crippen LogP contribution in [-0.4, -0.2) is 74.9 Å². The summed E-state index contributed by atoms with van der Waals surface area (Å²) in [6, 6.07) is 9.24. The van der Waals surface area contributed by atoms with E-state index in [4.69, 9.17) is 4.74 Å². The summed E-state index contributed by atoms with van der Waals surface area (Å²) in [4.78, 5) is 43.1. The van der Waals surface area contributed by atoms with Gasteiger partial charge < -0.3 is 19.1 Å². The van der Waals surface area contributed by atoms with Crippen LogP contribution in [-0.2, 0) is 16.1 Å². The number of rotatable bonds is 5. The molecule has 0 unspecified atom stereocenters. The maximum Gasteiger partial charge on any atom is 0.282 e. The second kappa shape index (κ2) is 8.96. The minimum Gasteiger partial charge on any atom is -0.376 e. The summed E-state index contributed by atoms with van der Waals surface area (Å²) in [5.74, 6) is 0.235. The van der Waals surface area contributed by atoms with Crippen molar-refractivity contribution in [2.75, 3.05) is 32.8 Å². The highest BCUT2D eigenvalue weighted by atomic mass is 16.5. The van der Waals surface area contributed by atoms with Crippen molar-refractivity contribution in [1.82, 2.24) is 24.1 Å². The molecule has 3 fully saturated rings. The van der Waals surface area contributed by atoms with Crippen LogP contribution in [0.2, 0.25) is 0 Å². The normalized spacial score (nSPS) is 20.5. The van der Waals surface area contributed by atoms with E-state index >= 15 is 0 Å². The maximum atomic E-state index is 13.7. The Kier molecular flexibility index (Phi) is 5.64. The third-order valence-electron chi connectivity index (χ3n) is 7.20. The van der Waals surface area contributed by atoms with E-state index in [1.54, 1.807) is 17.3 Å². The number of benzene rings is 1. The summed E-state index contributed by atoms with van der Waals surface area (Å²) in [6.45, 7) is 3.35. The number of para-hydroxylation sites is 1. The summed E-state index contributed by atoms with van der Waals surface area (Å²) in [5, 5.41) is 4.59. The first-order valence-corrected chi connectivity index (χ1v) is 12.5. The fourth-order valence-electron chi connectivity index (χ4n) is 5.08. The number of pyridine rings is 1. The third kappa shape index (κ3) is 4.25. The van der Waals surface area contributed by atoms with Crippen molar-refractivity contribution in [1.29, 1.82) is 0 Å². The highest BCUT2D eigenvalue weighted by Crippen LogP contribution is 2.31. The van der Waals surface area contributed by atoms with Crippen LogP contribution in [0, 0.1) is 5.92 Å².